The van der Waals surface area contributed by atoms with Crippen LogP contribution in [0.2, 0.25) is 0 Å². The normalized spacial score (nSPS) is 31.8. The van der Waals surface area contributed by atoms with Crippen molar-refractivity contribution in [1.82, 2.24) is 0 Å². The molecule has 0 aliphatic heterocycles. The first-order valence-electron chi connectivity index (χ1n) is 5.32. The summed E-state index contributed by atoms with van der Waals surface area (Å²) in [6, 6.07) is 0. The Morgan fingerprint density at radius 1 is 1.23 bits per heavy atom. The standard InChI is InChI=1S/C13H18/c1-10(2)12-9-5-7-11-6-3-4-8-13(11)12/h3-5,7-8,10-12H,6,9H2,1-2H3. The van der Waals surface area contributed by atoms with Gasteiger partial charge in [-0.15, -0.1) is 0 Å². The van der Waals surface area contributed by atoms with Gasteiger partial charge in [-0.1, -0.05) is 49.8 Å². The molecule has 0 heteroatoms. The number of allylic oxidation sites excluding steroid dienone is 6. The molecule has 2 rings (SSSR count). The van der Waals surface area contributed by atoms with Crippen LogP contribution in [0.5, 0.6) is 0 Å². The lowest BCUT2D eigenvalue weighted by atomic mass is 9.73. The highest BCUT2D eigenvalue weighted by atomic mass is 14.3. The molecule has 2 aliphatic carbocycles. The second-order valence-corrected chi connectivity index (χ2v) is 4.45. The summed E-state index contributed by atoms with van der Waals surface area (Å²) >= 11 is 0. The maximum absolute atomic E-state index is 2.38. The van der Waals surface area contributed by atoms with E-state index >= 15 is 0 Å². The number of hydrogen-bond acceptors (Lipinski definition) is 0. The van der Waals surface area contributed by atoms with Crippen molar-refractivity contribution in [1.29, 1.82) is 0 Å². The van der Waals surface area contributed by atoms with Crippen molar-refractivity contribution in [2.24, 2.45) is 17.8 Å². The monoisotopic (exact) mass is 174 g/mol. The zero-order valence-electron chi connectivity index (χ0n) is 8.53. The van der Waals surface area contributed by atoms with Crippen LogP contribution >= 0.6 is 0 Å². The Kier molecular flexibility index (Phi) is 2.39. The Balaban J connectivity index is 2.26. The van der Waals surface area contributed by atoms with E-state index in [1.54, 1.807) is 5.57 Å². The molecule has 0 N–H and O–H groups in total. The lowest BCUT2D eigenvalue weighted by Crippen LogP contribution is -2.20. The van der Waals surface area contributed by atoms with Gasteiger partial charge in [0.1, 0.15) is 0 Å². The van der Waals surface area contributed by atoms with E-state index in [0.29, 0.717) is 5.92 Å². The predicted octanol–water partition coefficient (Wildman–Crippen LogP) is 3.72. The second kappa shape index (κ2) is 3.53. The SMILES string of the molecule is CC(C)C1CC=CC2CC=CC=C21. The van der Waals surface area contributed by atoms with Gasteiger partial charge in [-0.3, -0.25) is 0 Å². The summed E-state index contributed by atoms with van der Waals surface area (Å²) in [4.78, 5) is 0. The van der Waals surface area contributed by atoms with Gasteiger partial charge in [0.2, 0.25) is 0 Å². The van der Waals surface area contributed by atoms with Gasteiger partial charge in [-0.2, -0.15) is 0 Å². The molecule has 0 aromatic heterocycles. The Labute approximate surface area is 81.0 Å². The number of hydrogen-bond donors (Lipinski definition) is 0. The van der Waals surface area contributed by atoms with Gasteiger partial charge in [0.15, 0.2) is 0 Å². The van der Waals surface area contributed by atoms with Crippen LogP contribution in [0.4, 0.5) is 0 Å². The molecule has 0 amide bonds. The molecule has 2 aliphatic rings. The molecule has 13 heavy (non-hydrogen) atoms. The van der Waals surface area contributed by atoms with Crippen LogP contribution in [0, 0.1) is 17.8 Å². The molecule has 0 heterocycles. The highest BCUT2D eigenvalue weighted by molar-refractivity contribution is 5.30. The molecule has 2 atom stereocenters. The fourth-order valence-electron chi connectivity index (χ4n) is 2.43. The molecule has 0 fully saturated rings. The van der Waals surface area contributed by atoms with Gasteiger partial charge in [-0.25, -0.2) is 0 Å². The van der Waals surface area contributed by atoms with E-state index < -0.39 is 0 Å². The van der Waals surface area contributed by atoms with E-state index in [-0.39, 0.29) is 0 Å². The largest absolute Gasteiger partial charge is 0.0873 e. The van der Waals surface area contributed by atoms with Crippen LogP contribution in [-0.2, 0) is 0 Å². The molecular formula is C13H18. The van der Waals surface area contributed by atoms with Crippen molar-refractivity contribution in [3.63, 3.8) is 0 Å². The van der Waals surface area contributed by atoms with Gasteiger partial charge in [0.25, 0.3) is 0 Å². The first-order chi connectivity index (χ1) is 6.29. The van der Waals surface area contributed by atoms with Crippen LogP contribution in [0.3, 0.4) is 0 Å². The summed E-state index contributed by atoms with van der Waals surface area (Å²) in [5.74, 6) is 2.29. The van der Waals surface area contributed by atoms with Gasteiger partial charge < -0.3 is 0 Å². The molecule has 0 bridgehead atoms. The Bertz CT molecular complexity index is 266. The smallest absolute Gasteiger partial charge is 0.00175 e. The predicted molar refractivity (Wildman–Crippen MR) is 57.4 cm³/mol. The highest BCUT2D eigenvalue weighted by Crippen LogP contribution is 2.37. The van der Waals surface area contributed by atoms with Gasteiger partial charge >= 0.3 is 0 Å². The van der Waals surface area contributed by atoms with Crippen molar-refractivity contribution in [3.05, 3.63) is 36.0 Å². The lowest BCUT2D eigenvalue weighted by Gasteiger charge is -2.32. The summed E-state index contributed by atoms with van der Waals surface area (Å²) in [6.45, 7) is 4.67. The van der Waals surface area contributed by atoms with E-state index in [1.807, 2.05) is 0 Å². The molecule has 2 unspecified atom stereocenters. The quantitative estimate of drug-likeness (QED) is 0.531. The zero-order valence-corrected chi connectivity index (χ0v) is 8.53. The average Bonchev–Trinajstić information content (AvgIpc) is 2.17. The Hall–Kier alpha value is -0.780. The van der Waals surface area contributed by atoms with Crippen LogP contribution < -0.4 is 0 Å². The molecule has 70 valence electrons. The maximum Gasteiger partial charge on any atom is 0.00175 e. The minimum Gasteiger partial charge on any atom is -0.0873 e. The average molecular weight is 174 g/mol. The van der Waals surface area contributed by atoms with Gasteiger partial charge in [0, 0.05) is 5.92 Å². The molecule has 0 radical (unpaired) electrons. The minimum absolute atomic E-state index is 0.714. The van der Waals surface area contributed by atoms with E-state index in [9.17, 15) is 0 Å². The van der Waals surface area contributed by atoms with Crippen LogP contribution in [-0.4, -0.2) is 0 Å². The van der Waals surface area contributed by atoms with E-state index in [1.165, 1.54) is 12.8 Å². The molecule has 0 nitrogen and oxygen atoms in total. The maximum atomic E-state index is 2.38. The van der Waals surface area contributed by atoms with Gasteiger partial charge in [-0.05, 0) is 24.7 Å². The Morgan fingerprint density at radius 2 is 2.08 bits per heavy atom. The van der Waals surface area contributed by atoms with Crippen molar-refractivity contribution in [2.75, 3.05) is 0 Å². The highest BCUT2D eigenvalue weighted by Gasteiger charge is 2.25. The Morgan fingerprint density at radius 3 is 2.85 bits per heavy atom. The molecular weight excluding hydrogens is 156 g/mol. The number of rotatable bonds is 1. The lowest BCUT2D eigenvalue weighted by molar-refractivity contribution is 0.403. The fourth-order valence-corrected chi connectivity index (χ4v) is 2.43. The molecule has 0 spiro atoms. The van der Waals surface area contributed by atoms with Gasteiger partial charge in [0.05, 0.1) is 0 Å². The first kappa shape index (κ1) is 8.80. The molecule has 0 saturated carbocycles. The third kappa shape index (κ3) is 1.63. The molecule has 0 aromatic carbocycles. The summed E-state index contributed by atoms with van der Waals surface area (Å²) in [5, 5.41) is 0. The van der Waals surface area contributed by atoms with E-state index in [4.69, 9.17) is 0 Å². The van der Waals surface area contributed by atoms with Crippen LogP contribution in [0.25, 0.3) is 0 Å². The van der Waals surface area contributed by atoms with Crippen LogP contribution in [0.15, 0.2) is 36.0 Å². The summed E-state index contributed by atoms with van der Waals surface area (Å²) < 4.78 is 0. The van der Waals surface area contributed by atoms with Crippen molar-refractivity contribution in [2.45, 2.75) is 26.7 Å². The first-order valence-corrected chi connectivity index (χ1v) is 5.32. The van der Waals surface area contributed by atoms with Crippen molar-refractivity contribution >= 4 is 0 Å². The summed E-state index contributed by atoms with van der Waals surface area (Å²) in [5.41, 5.74) is 1.67. The molecule has 0 saturated heterocycles. The summed E-state index contributed by atoms with van der Waals surface area (Å²) in [7, 11) is 0. The van der Waals surface area contributed by atoms with E-state index in [0.717, 1.165) is 11.8 Å². The third-order valence-electron chi connectivity index (χ3n) is 3.23. The van der Waals surface area contributed by atoms with Crippen molar-refractivity contribution in [3.8, 4) is 0 Å². The molecule has 0 aromatic rings. The van der Waals surface area contributed by atoms with E-state index in [2.05, 4.69) is 44.2 Å². The number of fused-ring (bicyclic) bond motifs is 1. The van der Waals surface area contributed by atoms with Crippen LogP contribution in [0.1, 0.15) is 26.7 Å². The second-order valence-electron chi connectivity index (χ2n) is 4.45. The fraction of sp³-hybridized carbons (Fsp3) is 0.538. The minimum atomic E-state index is 0.714. The van der Waals surface area contributed by atoms with Crippen molar-refractivity contribution < 1.29 is 0 Å². The third-order valence-corrected chi connectivity index (χ3v) is 3.23. The topological polar surface area (TPSA) is 0 Å². The summed E-state index contributed by atoms with van der Waals surface area (Å²) in [6.07, 6.45) is 14.0. The zero-order chi connectivity index (χ0) is 9.26.